The number of hydrogen-bond donors (Lipinski definition) is 2. The van der Waals surface area contributed by atoms with E-state index in [1.807, 2.05) is 26.0 Å². The highest BCUT2D eigenvalue weighted by atomic mass is 35.5. The molecule has 19 heavy (non-hydrogen) atoms. The minimum atomic E-state index is -0.195. The summed E-state index contributed by atoms with van der Waals surface area (Å²) in [5, 5.41) is 3.42. The first-order valence-electron chi connectivity index (χ1n) is 5.91. The molecule has 0 unspecified atom stereocenters. The summed E-state index contributed by atoms with van der Waals surface area (Å²) < 4.78 is 0. The summed E-state index contributed by atoms with van der Waals surface area (Å²) in [6.07, 6.45) is 0. The van der Waals surface area contributed by atoms with Gasteiger partial charge in [-0.25, -0.2) is 0 Å². The van der Waals surface area contributed by atoms with Gasteiger partial charge in [-0.1, -0.05) is 23.7 Å². The van der Waals surface area contributed by atoms with Gasteiger partial charge in [0.2, 0.25) is 0 Å². The normalized spacial score (nSPS) is 10.3. The second kappa shape index (κ2) is 5.33. The van der Waals surface area contributed by atoms with E-state index in [2.05, 4.69) is 5.32 Å². The lowest BCUT2D eigenvalue weighted by Crippen LogP contribution is -2.14. The maximum atomic E-state index is 12.2. The number of nitrogen functional groups attached to an aromatic ring is 1. The van der Waals surface area contributed by atoms with E-state index in [1.165, 1.54) is 0 Å². The van der Waals surface area contributed by atoms with Crippen LogP contribution in [0.25, 0.3) is 0 Å². The van der Waals surface area contributed by atoms with E-state index in [0.29, 0.717) is 16.3 Å². The van der Waals surface area contributed by atoms with Crippen LogP contribution in [0, 0.1) is 13.8 Å². The predicted octanol–water partition coefficient (Wildman–Crippen LogP) is 3.79. The van der Waals surface area contributed by atoms with Crippen LogP contribution in [-0.4, -0.2) is 5.91 Å². The minimum Gasteiger partial charge on any atom is -0.398 e. The number of amides is 1. The van der Waals surface area contributed by atoms with Gasteiger partial charge in [0.15, 0.2) is 0 Å². The standard InChI is InChI=1S/C15H15ClN2O/c1-9-6-7-13(17)10(2)14(9)18-15(19)11-4-3-5-12(16)8-11/h3-8H,17H2,1-2H3,(H,18,19). The number of nitrogens with two attached hydrogens (primary N) is 1. The molecule has 0 heterocycles. The Morgan fingerprint density at radius 2 is 1.95 bits per heavy atom. The Morgan fingerprint density at radius 1 is 1.21 bits per heavy atom. The molecule has 2 aromatic rings. The molecule has 0 aliphatic heterocycles. The van der Waals surface area contributed by atoms with Crippen LogP contribution < -0.4 is 11.1 Å². The minimum absolute atomic E-state index is 0.195. The van der Waals surface area contributed by atoms with E-state index in [0.717, 1.165) is 16.8 Å². The molecule has 98 valence electrons. The van der Waals surface area contributed by atoms with E-state index in [1.54, 1.807) is 24.3 Å². The van der Waals surface area contributed by atoms with Crippen LogP contribution in [0.4, 0.5) is 11.4 Å². The van der Waals surface area contributed by atoms with Gasteiger partial charge in [-0.2, -0.15) is 0 Å². The lowest BCUT2D eigenvalue weighted by Gasteiger charge is -2.13. The Bertz CT molecular complexity index is 638. The Hall–Kier alpha value is -2.00. The summed E-state index contributed by atoms with van der Waals surface area (Å²) in [6.45, 7) is 3.82. The molecule has 0 saturated heterocycles. The lowest BCUT2D eigenvalue weighted by atomic mass is 10.1. The van der Waals surface area contributed by atoms with Crippen molar-refractivity contribution in [3.8, 4) is 0 Å². The highest BCUT2D eigenvalue weighted by Crippen LogP contribution is 2.25. The first-order valence-corrected chi connectivity index (χ1v) is 6.29. The smallest absolute Gasteiger partial charge is 0.255 e. The molecular weight excluding hydrogens is 260 g/mol. The van der Waals surface area contributed by atoms with E-state index in [-0.39, 0.29) is 5.91 Å². The Kier molecular flexibility index (Phi) is 3.76. The molecule has 0 aromatic heterocycles. The fraction of sp³-hybridized carbons (Fsp3) is 0.133. The monoisotopic (exact) mass is 274 g/mol. The number of anilines is 2. The molecule has 4 heteroatoms. The molecule has 3 N–H and O–H groups in total. The highest BCUT2D eigenvalue weighted by molar-refractivity contribution is 6.31. The largest absolute Gasteiger partial charge is 0.398 e. The van der Waals surface area contributed by atoms with Crippen molar-refractivity contribution in [1.82, 2.24) is 0 Å². The van der Waals surface area contributed by atoms with Crippen molar-refractivity contribution < 1.29 is 4.79 Å². The number of aryl methyl sites for hydroxylation is 1. The Balaban J connectivity index is 2.32. The Morgan fingerprint density at radius 3 is 2.63 bits per heavy atom. The first-order chi connectivity index (χ1) is 8.99. The van der Waals surface area contributed by atoms with Gasteiger partial charge >= 0.3 is 0 Å². The number of halogens is 1. The van der Waals surface area contributed by atoms with Gasteiger partial charge in [-0.05, 0) is 49.2 Å². The van der Waals surface area contributed by atoms with Crippen molar-refractivity contribution in [2.24, 2.45) is 0 Å². The number of nitrogens with one attached hydrogen (secondary N) is 1. The fourth-order valence-electron chi connectivity index (χ4n) is 1.87. The molecule has 0 spiro atoms. The molecule has 0 aliphatic carbocycles. The quantitative estimate of drug-likeness (QED) is 0.819. The van der Waals surface area contributed by atoms with E-state index in [4.69, 9.17) is 17.3 Å². The number of hydrogen-bond acceptors (Lipinski definition) is 2. The van der Waals surface area contributed by atoms with Crippen molar-refractivity contribution in [2.75, 3.05) is 11.1 Å². The van der Waals surface area contributed by atoms with Crippen molar-refractivity contribution in [1.29, 1.82) is 0 Å². The summed E-state index contributed by atoms with van der Waals surface area (Å²) in [7, 11) is 0. The van der Waals surface area contributed by atoms with E-state index < -0.39 is 0 Å². The van der Waals surface area contributed by atoms with Crippen LogP contribution in [0.2, 0.25) is 5.02 Å². The second-order valence-electron chi connectivity index (χ2n) is 4.44. The molecule has 1 amide bonds. The van der Waals surface area contributed by atoms with E-state index >= 15 is 0 Å². The summed E-state index contributed by atoms with van der Waals surface area (Å²) in [6, 6.07) is 10.5. The zero-order valence-electron chi connectivity index (χ0n) is 10.8. The molecule has 0 bridgehead atoms. The molecule has 0 saturated carbocycles. The third kappa shape index (κ3) is 2.88. The van der Waals surface area contributed by atoms with Crippen LogP contribution in [-0.2, 0) is 0 Å². The third-order valence-corrected chi connectivity index (χ3v) is 3.28. The summed E-state index contributed by atoms with van der Waals surface area (Å²) in [5.74, 6) is -0.195. The molecular formula is C15H15ClN2O. The topological polar surface area (TPSA) is 55.1 Å². The van der Waals surface area contributed by atoms with Gasteiger partial charge < -0.3 is 11.1 Å². The molecule has 0 radical (unpaired) electrons. The molecule has 3 nitrogen and oxygen atoms in total. The van der Waals surface area contributed by atoms with Gasteiger partial charge in [0.1, 0.15) is 0 Å². The summed E-state index contributed by atoms with van der Waals surface area (Å²) in [5.41, 5.74) is 9.64. The van der Waals surface area contributed by atoms with Crippen LogP contribution in [0.15, 0.2) is 36.4 Å². The maximum Gasteiger partial charge on any atom is 0.255 e. The van der Waals surface area contributed by atoms with Gasteiger partial charge in [0, 0.05) is 22.0 Å². The Labute approximate surface area is 117 Å². The van der Waals surface area contributed by atoms with Crippen molar-refractivity contribution in [3.63, 3.8) is 0 Å². The van der Waals surface area contributed by atoms with Crippen LogP contribution in [0.1, 0.15) is 21.5 Å². The van der Waals surface area contributed by atoms with Gasteiger partial charge in [0.05, 0.1) is 0 Å². The molecule has 0 atom stereocenters. The average molecular weight is 275 g/mol. The SMILES string of the molecule is Cc1ccc(N)c(C)c1NC(=O)c1cccc(Cl)c1. The number of rotatable bonds is 2. The van der Waals surface area contributed by atoms with Crippen molar-refractivity contribution in [3.05, 3.63) is 58.1 Å². The fourth-order valence-corrected chi connectivity index (χ4v) is 2.06. The number of carbonyl (C=O) groups is 1. The highest BCUT2D eigenvalue weighted by Gasteiger charge is 2.11. The van der Waals surface area contributed by atoms with Gasteiger partial charge in [-0.3, -0.25) is 4.79 Å². The number of benzene rings is 2. The van der Waals surface area contributed by atoms with E-state index in [9.17, 15) is 4.79 Å². The molecule has 2 aromatic carbocycles. The average Bonchev–Trinajstić information content (AvgIpc) is 2.39. The molecule has 0 aliphatic rings. The van der Waals surface area contributed by atoms with Gasteiger partial charge in [-0.15, -0.1) is 0 Å². The molecule has 2 rings (SSSR count). The van der Waals surface area contributed by atoms with Crippen LogP contribution in [0.5, 0.6) is 0 Å². The molecule has 0 fully saturated rings. The summed E-state index contributed by atoms with van der Waals surface area (Å²) in [4.78, 5) is 12.2. The number of carbonyl (C=O) groups excluding carboxylic acids is 1. The van der Waals surface area contributed by atoms with Crippen LogP contribution >= 0.6 is 11.6 Å². The second-order valence-corrected chi connectivity index (χ2v) is 4.87. The zero-order valence-corrected chi connectivity index (χ0v) is 11.6. The third-order valence-electron chi connectivity index (χ3n) is 3.04. The zero-order chi connectivity index (χ0) is 14.0. The summed E-state index contributed by atoms with van der Waals surface area (Å²) >= 11 is 5.88. The predicted molar refractivity (Wildman–Crippen MR) is 79.7 cm³/mol. The lowest BCUT2D eigenvalue weighted by molar-refractivity contribution is 0.102. The van der Waals surface area contributed by atoms with Gasteiger partial charge in [0.25, 0.3) is 5.91 Å². The van der Waals surface area contributed by atoms with Crippen molar-refractivity contribution >= 4 is 28.9 Å². The first kappa shape index (κ1) is 13.4. The van der Waals surface area contributed by atoms with Crippen molar-refractivity contribution in [2.45, 2.75) is 13.8 Å². The maximum absolute atomic E-state index is 12.2. The van der Waals surface area contributed by atoms with Crippen LogP contribution in [0.3, 0.4) is 0 Å².